The van der Waals surface area contributed by atoms with Gasteiger partial charge in [-0.3, -0.25) is 0 Å². The van der Waals surface area contributed by atoms with E-state index in [1.165, 1.54) is 0 Å². The third-order valence-electron chi connectivity index (χ3n) is 3.33. The predicted octanol–water partition coefficient (Wildman–Crippen LogP) is 2.99. The number of nitrogens with zero attached hydrogens (tertiary/aromatic N) is 1. The van der Waals surface area contributed by atoms with Crippen molar-refractivity contribution in [2.45, 2.75) is 25.3 Å². The van der Waals surface area contributed by atoms with E-state index in [4.69, 9.17) is 5.26 Å². The minimum absolute atomic E-state index is 0.171. The largest absolute Gasteiger partial charge is 0.480 e. The number of carbonyl (C=O) groups is 1. The van der Waals surface area contributed by atoms with Crippen LogP contribution in [-0.2, 0) is 4.79 Å². The number of aliphatic carboxylic acids is 1. The van der Waals surface area contributed by atoms with Gasteiger partial charge in [-0.25, -0.2) is 4.79 Å². The first-order chi connectivity index (χ1) is 8.47. The van der Waals surface area contributed by atoms with Crippen LogP contribution in [0.15, 0.2) is 22.7 Å². The molecule has 18 heavy (non-hydrogen) atoms. The lowest BCUT2D eigenvalue weighted by atomic mass is 9.95. The van der Waals surface area contributed by atoms with E-state index in [-0.39, 0.29) is 5.92 Å². The normalized spacial score (nSPS) is 17.6. The summed E-state index contributed by atoms with van der Waals surface area (Å²) in [4.78, 5) is 11.4. The third-order valence-corrected chi connectivity index (χ3v) is 3.99. The van der Waals surface area contributed by atoms with E-state index in [0.717, 1.165) is 12.8 Å². The van der Waals surface area contributed by atoms with E-state index in [2.05, 4.69) is 27.3 Å². The van der Waals surface area contributed by atoms with Crippen molar-refractivity contribution >= 4 is 27.6 Å². The zero-order chi connectivity index (χ0) is 13.3. The van der Waals surface area contributed by atoms with Gasteiger partial charge in [0.05, 0.1) is 5.56 Å². The molecule has 0 saturated heterocycles. The number of carboxylic acid groups (broad SMARTS) is 1. The predicted molar refractivity (Wildman–Crippen MR) is 71.2 cm³/mol. The summed E-state index contributed by atoms with van der Waals surface area (Å²) >= 11 is 3.29. The zero-order valence-corrected chi connectivity index (χ0v) is 11.5. The molecule has 2 rings (SSSR count). The van der Waals surface area contributed by atoms with Gasteiger partial charge in [-0.15, -0.1) is 0 Å². The van der Waals surface area contributed by atoms with Crippen LogP contribution in [0.2, 0.25) is 0 Å². The molecule has 0 spiro atoms. The quantitative estimate of drug-likeness (QED) is 0.897. The Morgan fingerprint density at radius 1 is 1.61 bits per heavy atom. The van der Waals surface area contributed by atoms with Gasteiger partial charge in [-0.2, -0.15) is 5.26 Å². The van der Waals surface area contributed by atoms with Crippen LogP contribution in [0, 0.1) is 17.2 Å². The highest BCUT2D eigenvalue weighted by Gasteiger charge is 2.47. The van der Waals surface area contributed by atoms with E-state index < -0.39 is 11.5 Å². The Labute approximate surface area is 114 Å². The number of hydrogen-bond acceptors (Lipinski definition) is 3. The van der Waals surface area contributed by atoms with Crippen LogP contribution in [0.3, 0.4) is 0 Å². The molecular formula is C13H13BrN2O2. The van der Waals surface area contributed by atoms with Gasteiger partial charge in [0.25, 0.3) is 0 Å². The van der Waals surface area contributed by atoms with Crippen molar-refractivity contribution in [3.63, 3.8) is 0 Å². The summed E-state index contributed by atoms with van der Waals surface area (Å²) in [6.07, 6.45) is 1.88. The van der Waals surface area contributed by atoms with Crippen LogP contribution in [0.4, 0.5) is 5.69 Å². The average Bonchev–Trinajstić information content (AvgIpc) is 3.13. The van der Waals surface area contributed by atoms with Crippen LogP contribution in [0.5, 0.6) is 0 Å². The number of anilines is 1. The summed E-state index contributed by atoms with van der Waals surface area (Å²) < 4.78 is 0.665. The van der Waals surface area contributed by atoms with Crippen molar-refractivity contribution in [3.8, 4) is 6.07 Å². The molecule has 0 aliphatic heterocycles. The fourth-order valence-corrected chi connectivity index (χ4v) is 2.44. The smallest absolute Gasteiger partial charge is 0.329 e. The van der Waals surface area contributed by atoms with Crippen LogP contribution in [0.1, 0.15) is 25.3 Å². The SMILES string of the molecule is CC(Nc1ccc(C#N)c(Br)c1)(C(=O)O)C1CC1. The molecule has 1 aliphatic carbocycles. The molecule has 1 aliphatic rings. The minimum Gasteiger partial charge on any atom is -0.480 e. The Bertz CT molecular complexity index is 534. The standard InChI is InChI=1S/C13H13BrN2O2/c1-13(12(17)18,9-3-4-9)16-10-5-2-8(7-15)11(14)6-10/h2,5-6,9,16H,3-4H2,1H3,(H,17,18). The maximum atomic E-state index is 11.4. The van der Waals surface area contributed by atoms with Gasteiger partial charge in [0.15, 0.2) is 0 Å². The molecule has 4 nitrogen and oxygen atoms in total. The van der Waals surface area contributed by atoms with Crippen molar-refractivity contribution in [2.24, 2.45) is 5.92 Å². The number of nitriles is 1. The number of halogens is 1. The molecule has 1 fully saturated rings. The zero-order valence-electron chi connectivity index (χ0n) is 9.90. The van der Waals surface area contributed by atoms with Gasteiger partial charge in [0, 0.05) is 10.2 Å². The summed E-state index contributed by atoms with van der Waals surface area (Å²) in [5.41, 5.74) is 0.301. The Hall–Kier alpha value is -1.54. The number of hydrogen-bond donors (Lipinski definition) is 2. The lowest BCUT2D eigenvalue weighted by Crippen LogP contribution is -2.45. The van der Waals surface area contributed by atoms with Crippen LogP contribution in [-0.4, -0.2) is 16.6 Å². The molecule has 0 amide bonds. The second-order valence-corrected chi connectivity index (χ2v) is 5.57. The van der Waals surface area contributed by atoms with Gasteiger partial charge < -0.3 is 10.4 Å². The molecule has 0 radical (unpaired) electrons. The second-order valence-electron chi connectivity index (χ2n) is 4.71. The van der Waals surface area contributed by atoms with E-state index in [1.807, 2.05) is 0 Å². The van der Waals surface area contributed by atoms with Crippen LogP contribution in [0.25, 0.3) is 0 Å². The molecule has 1 atom stereocenters. The van der Waals surface area contributed by atoms with Crippen molar-refractivity contribution in [2.75, 3.05) is 5.32 Å². The maximum absolute atomic E-state index is 11.4. The third kappa shape index (κ3) is 2.34. The first-order valence-corrected chi connectivity index (χ1v) is 6.48. The fraction of sp³-hybridized carbons (Fsp3) is 0.385. The van der Waals surface area contributed by atoms with Gasteiger partial charge in [-0.05, 0) is 59.8 Å². The molecule has 94 valence electrons. The van der Waals surface area contributed by atoms with E-state index >= 15 is 0 Å². The van der Waals surface area contributed by atoms with E-state index in [0.29, 0.717) is 15.7 Å². The Morgan fingerprint density at radius 3 is 2.72 bits per heavy atom. The summed E-state index contributed by atoms with van der Waals surface area (Å²) in [5, 5.41) is 21.3. The maximum Gasteiger partial charge on any atom is 0.329 e. The van der Waals surface area contributed by atoms with Crippen LogP contribution >= 0.6 is 15.9 Å². The topological polar surface area (TPSA) is 73.1 Å². The second kappa shape index (κ2) is 4.62. The molecule has 2 N–H and O–H groups in total. The Balaban J connectivity index is 2.25. The van der Waals surface area contributed by atoms with Crippen molar-refractivity contribution in [1.82, 2.24) is 0 Å². The van der Waals surface area contributed by atoms with E-state index in [1.54, 1.807) is 25.1 Å². The van der Waals surface area contributed by atoms with Gasteiger partial charge in [0.2, 0.25) is 0 Å². The number of rotatable bonds is 4. The Kier molecular flexibility index (Phi) is 3.31. The highest BCUT2D eigenvalue weighted by Crippen LogP contribution is 2.41. The summed E-state index contributed by atoms with van der Waals surface area (Å²) in [6, 6.07) is 7.19. The number of benzene rings is 1. The highest BCUT2D eigenvalue weighted by molar-refractivity contribution is 9.10. The average molecular weight is 309 g/mol. The monoisotopic (exact) mass is 308 g/mol. The van der Waals surface area contributed by atoms with Crippen molar-refractivity contribution < 1.29 is 9.90 Å². The Morgan fingerprint density at radius 2 is 2.28 bits per heavy atom. The van der Waals surface area contributed by atoms with Crippen molar-refractivity contribution in [1.29, 1.82) is 5.26 Å². The summed E-state index contributed by atoms with van der Waals surface area (Å²) in [5.74, 6) is -0.671. The van der Waals surface area contributed by atoms with Crippen LogP contribution < -0.4 is 5.32 Å². The molecule has 0 aromatic heterocycles. The minimum atomic E-state index is -0.937. The molecule has 5 heteroatoms. The lowest BCUT2D eigenvalue weighted by molar-refractivity contribution is -0.142. The number of nitrogens with one attached hydrogen (secondary N) is 1. The molecule has 0 heterocycles. The van der Waals surface area contributed by atoms with E-state index in [9.17, 15) is 9.90 Å². The molecule has 1 aromatic carbocycles. The van der Waals surface area contributed by atoms with Gasteiger partial charge in [-0.1, -0.05) is 0 Å². The fourth-order valence-electron chi connectivity index (χ4n) is 1.97. The van der Waals surface area contributed by atoms with Crippen molar-refractivity contribution in [3.05, 3.63) is 28.2 Å². The highest BCUT2D eigenvalue weighted by atomic mass is 79.9. The lowest BCUT2D eigenvalue weighted by Gasteiger charge is -2.27. The molecule has 1 saturated carbocycles. The summed E-state index contributed by atoms with van der Waals surface area (Å²) in [6.45, 7) is 1.71. The molecule has 1 unspecified atom stereocenters. The van der Waals surface area contributed by atoms with Gasteiger partial charge in [0.1, 0.15) is 11.6 Å². The molecule has 0 bridgehead atoms. The van der Waals surface area contributed by atoms with Gasteiger partial charge >= 0.3 is 5.97 Å². The first-order valence-electron chi connectivity index (χ1n) is 5.68. The molecular weight excluding hydrogens is 296 g/mol. The summed E-state index contributed by atoms with van der Waals surface area (Å²) in [7, 11) is 0. The molecule has 1 aromatic rings. The number of carboxylic acids is 1. The first kappa shape index (κ1) is 12.9.